The van der Waals surface area contributed by atoms with Crippen LogP contribution in [-0.4, -0.2) is 0 Å². The molecule has 0 radical (unpaired) electrons. The van der Waals surface area contributed by atoms with E-state index >= 15 is 0 Å². The van der Waals surface area contributed by atoms with Crippen LogP contribution in [-0.2, 0) is 21.7 Å². The van der Waals surface area contributed by atoms with E-state index in [0.29, 0.717) is 0 Å². The Hall–Kier alpha value is -8.60. The Labute approximate surface area is 601 Å². The summed E-state index contributed by atoms with van der Waals surface area (Å²) in [5.41, 5.74) is 30.2. The van der Waals surface area contributed by atoms with Gasteiger partial charge in [0.2, 0.25) is 0 Å². The third-order valence-electron chi connectivity index (χ3n) is 25.1. The molecular weight excluding hydrogens is 1230 g/mol. The van der Waals surface area contributed by atoms with Crippen molar-refractivity contribution in [3.63, 3.8) is 0 Å². The number of para-hydroxylation sites is 3. The summed E-state index contributed by atoms with van der Waals surface area (Å²) >= 11 is 0. The van der Waals surface area contributed by atoms with Crippen molar-refractivity contribution in [1.29, 1.82) is 0 Å². The molecule has 12 aromatic rings. The van der Waals surface area contributed by atoms with Crippen LogP contribution in [0.1, 0.15) is 261 Å². The monoisotopic (exact) mass is 1330 g/mol. The van der Waals surface area contributed by atoms with Gasteiger partial charge in [0, 0.05) is 82.7 Å². The molecule has 101 heavy (non-hydrogen) atoms. The maximum atomic E-state index is 7.65. The summed E-state index contributed by atoms with van der Waals surface area (Å²) in [7, 11) is 0. The SMILES string of the molecule is C=C(/C=C1\C(=C/C)c2cc3c(cc2C1(C)C)-c1c(ccc2oc4ccccc4c12)C3(C)C)N(c1ccc2c(c1)C(CCCCCCC)(CCCCCCC)c1c3c(c4c(oc5ccccc54)c1-2)-c1ccccc1C3(CCCCCCC)CCCCCCC)c1ccc2c(c1)oc1ccccc12. The summed E-state index contributed by atoms with van der Waals surface area (Å²) in [5, 5.41) is 7.20. The first-order valence-corrected chi connectivity index (χ1v) is 39.5. The molecular formula is C97H105NO3. The minimum Gasteiger partial charge on any atom is -0.456 e. The van der Waals surface area contributed by atoms with Crippen molar-refractivity contribution in [3.8, 4) is 33.4 Å². The Kier molecular flexibility index (Phi) is 17.9. The smallest absolute Gasteiger partial charge is 0.144 e. The summed E-state index contributed by atoms with van der Waals surface area (Å²) in [5.74, 6) is 0. The number of anilines is 2. The summed E-state index contributed by atoms with van der Waals surface area (Å²) in [6, 6.07) is 60.2. The van der Waals surface area contributed by atoms with Crippen LogP contribution in [0.4, 0.5) is 11.4 Å². The van der Waals surface area contributed by atoms with E-state index in [9.17, 15) is 0 Å². The molecule has 0 saturated carbocycles. The lowest BCUT2D eigenvalue weighted by Gasteiger charge is -2.40. The van der Waals surface area contributed by atoms with Crippen LogP contribution in [0.2, 0.25) is 0 Å². The lowest BCUT2D eigenvalue weighted by molar-refractivity contribution is 0.369. The van der Waals surface area contributed by atoms with Crippen LogP contribution in [0.3, 0.4) is 0 Å². The van der Waals surface area contributed by atoms with E-state index in [0.717, 1.165) is 87.0 Å². The lowest BCUT2D eigenvalue weighted by Crippen LogP contribution is -2.33. The summed E-state index contributed by atoms with van der Waals surface area (Å²) in [6.45, 7) is 26.7. The van der Waals surface area contributed by atoms with Crippen molar-refractivity contribution >= 4 is 82.8 Å². The fourth-order valence-electron chi connectivity index (χ4n) is 20.1. The molecule has 4 heteroatoms. The molecule has 0 spiro atoms. The quantitative estimate of drug-likeness (QED) is 0.0458. The third kappa shape index (κ3) is 10.8. The van der Waals surface area contributed by atoms with Gasteiger partial charge in [-0.2, -0.15) is 0 Å². The van der Waals surface area contributed by atoms with Crippen LogP contribution in [0, 0.1) is 0 Å². The molecule has 516 valence electrons. The van der Waals surface area contributed by atoms with Crippen molar-refractivity contribution in [3.05, 3.63) is 232 Å². The first-order chi connectivity index (χ1) is 49.3. The predicted molar refractivity (Wildman–Crippen MR) is 431 cm³/mol. The van der Waals surface area contributed by atoms with Gasteiger partial charge < -0.3 is 18.2 Å². The molecule has 0 bridgehead atoms. The molecule has 9 aromatic carbocycles. The number of unbranched alkanes of at least 4 members (excludes halogenated alkanes) is 16. The second-order valence-electron chi connectivity index (χ2n) is 31.9. The Morgan fingerprint density at radius 2 is 0.861 bits per heavy atom. The number of furan rings is 3. The van der Waals surface area contributed by atoms with Crippen LogP contribution < -0.4 is 4.90 Å². The zero-order valence-corrected chi connectivity index (χ0v) is 62.0. The highest BCUT2D eigenvalue weighted by molar-refractivity contribution is 6.21. The average molecular weight is 1330 g/mol. The predicted octanol–water partition coefficient (Wildman–Crippen LogP) is 29.6. The maximum absolute atomic E-state index is 7.65. The maximum Gasteiger partial charge on any atom is 0.144 e. The fourth-order valence-corrected chi connectivity index (χ4v) is 20.1. The van der Waals surface area contributed by atoms with Gasteiger partial charge in [-0.15, -0.1) is 0 Å². The lowest BCUT2D eigenvalue weighted by atomic mass is 9.62. The number of nitrogens with zero attached hydrogens (tertiary/aromatic N) is 1. The molecule has 4 aliphatic rings. The summed E-state index contributed by atoms with van der Waals surface area (Å²) < 4.78 is 21.1. The molecule has 0 unspecified atom stereocenters. The number of rotatable bonds is 28. The van der Waals surface area contributed by atoms with Gasteiger partial charge in [-0.25, -0.2) is 0 Å². The minimum atomic E-state index is -0.387. The van der Waals surface area contributed by atoms with Gasteiger partial charge in [0.25, 0.3) is 0 Å². The van der Waals surface area contributed by atoms with Gasteiger partial charge in [-0.3, -0.25) is 0 Å². The van der Waals surface area contributed by atoms with Crippen LogP contribution in [0.25, 0.3) is 105 Å². The highest BCUT2D eigenvalue weighted by atomic mass is 16.3. The van der Waals surface area contributed by atoms with Crippen molar-refractivity contribution in [2.75, 3.05) is 4.90 Å². The molecule has 3 aromatic heterocycles. The fraction of sp³-hybridized carbons (Fsp3) is 0.381. The van der Waals surface area contributed by atoms with Gasteiger partial charge in [0.05, 0.1) is 0 Å². The molecule has 3 heterocycles. The van der Waals surface area contributed by atoms with E-state index in [1.54, 1.807) is 16.7 Å². The first-order valence-electron chi connectivity index (χ1n) is 39.5. The Morgan fingerprint density at radius 3 is 1.50 bits per heavy atom. The van der Waals surface area contributed by atoms with Crippen LogP contribution >= 0.6 is 0 Å². The van der Waals surface area contributed by atoms with E-state index in [1.807, 2.05) is 0 Å². The highest BCUT2D eigenvalue weighted by Crippen LogP contribution is 2.68. The topological polar surface area (TPSA) is 42.7 Å². The molecule has 0 aliphatic heterocycles. The normalized spacial score (nSPS) is 16.3. The van der Waals surface area contributed by atoms with Crippen LogP contribution in [0.15, 0.2) is 201 Å². The van der Waals surface area contributed by atoms with Crippen LogP contribution in [0.5, 0.6) is 0 Å². The average Bonchev–Trinajstić information content (AvgIpc) is 1.50. The largest absolute Gasteiger partial charge is 0.456 e. The standard InChI is InChI=1S/C97H105NO3/c1-11-16-20-24-36-54-96(55-37-25-21-17-12-2)75-44-32-28-41-69(75)88-89-72-43-31-35-47-83(72)101-93(89)90-70-51-49-64(59-80(70)97(92(90)91(88)96,56-38-26-22-18-13-3)57-39-27-23-19-14-4)98(65-48-50-68-67-40-29-33-45-81(67)100-85(68)60-65)63(6)58-77-66(15-5)73-61-79-74(62-78(73)95(77,9)10)86-76(94(79,7)8)52-53-84-87(86)71-42-30-34-46-82(71)99-84/h15,28-35,40-53,58-62H,6,11-14,16-27,36-39,54-57H2,1-5,7-10H3/b66-15-,77-58+. The summed E-state index contributed by atoms with van der Waals surface area (Å²) in [6.07, 6.45) is 34.3. The molecule has 0 atom stereocenters. The highest BCUT2D eigenvalue weighted by Gasteiger charge is 2.54. The van der Waals surface area contributed by atoms with Gasteiger partial charge in [0.1, 0.15) is 33.5 Å². The molecule has 4 aliphatic carbocycles. The van der Waals surface area contributed by atoms with E-state index in [-0.39, 0.29) is 21.7 Å². The van der Waals surface area contributed by atoms with Gasteiger partial charge in [0.15, 0.2) is 0 Å². The number of benzene rings is 9. The molecule has 16 rings (SSSR count). The Balaban J connectivity index is 0.927. The van der Waals surface area contributed by atoms with Crippen molar-refractivity contribution < 1.29 is 13.3 Å². The van der Waals surface area contributed by atoms with E-state index < -0.39 is 0 Å². The third-order valence-corrected chi connectivity index (χ3v) is 25.1. The number of hydrogen-bond acceptors (Lipinski definition) is 4. The van der Waals surface area contributed by atoms with Crippen molar-refractivity contribution in [2.24, 2.45) is 0 Å². The number of hydrogen-bond donors (Lipinski definition) is 0. The van der Waals surface area contributed by atoms with Crippen molar-refractivity contribution in [1.82, 2.24) is 0 Å². The van der Waals surface area contributed by atoms with E-state index in [2.05, 4.69) is 237 Å². The van der Waals surface area contributed by atoms with Crippen molar-refractivity contribution in [2.45, 2.75) is 238 Å². The second kappa shape index (κ2) is 27.0. The Bertz CT molecular complexity index is 5220. The second-order valence-corrected chi connectivity index (χ2v) is 31.9. The number of allylic oxidation sites excluding steroid dienone is 4. The van der Waals surface area contributed by atoms with Gasteiger partial charge in [-0.05, 0) is 183 Å². The zero-order valence-electron chi connectivity index (χ0n) is 62.0. The Morgan fingerprint density at radius 1 is 0.376 bits per heavy atom. The first kappa shape index (κ1) is 66.9. The number of fused-ring (bicyclic) bond motifs is 23. The molecule has 0 amide bonds. The molecule has 4 nitrogen and oxygen atoms in total. The zero-order chi connectivity index (χ0) is 69.4. The molecule has 0 N–H and O–H groups in total. The molecule has 0 fully saturated rings. The molecule has 0 saturated heterocycles. The van der Waals surface area contributed by atoms with Gasteiger partial charge >= 0.3 is 0 Å². The minimum absolute atomic E-state index is 0.161. The van der Waals surface area contributed by atoms with Gasteiger partial charge in [-0.1, -0.05) is 287 Å². The van der Waals surface area contributed by atoms with E-state index in [4.69, 9.17) is 19.8 Å². The summed E-state index contributed by atoms with van der Waals surface area (Å²) in [4.78, 5) is 2.50. The van der Waals surface area contributed by atoms with E-state index in [1.165, 1.54) is 222 Å².